The molecular weight excluding hydrogens is 254 g/mol. The van der Waals surface area contributed by atoms with Gasteiger partial charge < -0.3 is 20.2 Å². The number of aliphatic hydroxyl groups is 3. The number of rotatable bonds is 1. The molecule has 0 saturated carbocycles. The zero-order valence-corrected chi connectivity index (χ0v) is 10.4. The Morgan fingerprint density at radius 3 is 2.67 bits per heavy atom. The van der Waals surface area contributed by atoms with E-state index in [9.17, 15) is 15.0 Å². The highest BCUT2D eigenvalue weighted by molar-refractivity contribution is 7.14. The van der Waals surface area contributed by atoms with Crippen molar-refractivity contribution in [3.8, 4) is 11.8 Å². The standard InChI is InChI=1S/C12H13NO4S/c14-5-1-2-8-3-4-11(18-8)12(17)13-6-9(15)10(16)7-13/h3-4,9-10,14-16H,5-7H2. The first-order valence-electron chi connectivity index (χ1n) is 5.47. The predicted molar refractivity (Wildman–Crippen MR) is 66.2 cm³/mol. The number of β-amino-alcohol motifs (C(OH)–C–C–N with tert-alkyl or cyclic N) is 2. The summed E-state index contributed by atoms with van der Waals surface area (Å²) in [5.41, 5.74) is 0. The normalized spacial score (nSPS) is 22.7. The predicted octanol–water partition coefficient (Wildman–Crippen LogP) is -0.730. The smallest absolute Gasteiger partial charge is 0.264 e. The molecule has 1 aromatic heterocycles. The number of thiophene rings is 1. The average Bonchev–Trinajstić information content (AvgIpc) is 2.94. The maximum absolute atomic E-state index is 12.0. The van der Waals surface area contributed by atoms with Gasteiger partial charge in [-0.25, -0.2) is 0 Å². The van der Waals surface area contributed by atoms with Gasteiger partial charge in [-0.15, -0.1) is 11.3 Å². The maximum Gasteiger partial charge on any atom is 0.264 e. The Bertz CT molecular complexity index is 492. The second-order valence-corrected chi connectivity index (χ2v) is 5.05. The Balaban J connectivity index is 2.08. The van der Waals surface area contributed by atoms with Gasteiger partial charge >= 0.3 is 0 Å². The first-order chi connectivity index (χ1) is 8.61. The van der Waals surface area contributed by atoms with Gasteiger partial charge in [-0.2, -0.15) is 0 Å². The number of carbonyl (C=O) groups excluding carboxylic acids is 1. The van der Waals surface area contributed by atoms with E-state index in [1.54, 1.807) is 12.1 Å². The third kappa shape index (κ3) is 2.71. The van der Waals surface area contributed by atoms with Gasteiger partial charge in [0.1, 0.15) is 6.61 Å². The Hall–Kier alpha value is -1.39. The lowest BCUT2D eigenvalue weighted by atomic mass is 10.3. The molecule has 96 valence electrons. The molecule has 1 aliphatic rings. The molecule has 5 nitrogen and oxygen atoms in total. The fraction of sp³-hybridized carbons (Fsp3) is 0.417. The monoisotopic (exact) mass is 267 g/mol. The number of nitrogens with zero attached hydrogens (tertiary/aromatic N) is 1. The summed E-state index contributed by atoms with van der Waals surface area (Å²) in [5.74, 6) is 5.02. The minimum atomic E-state index is -0.873. The minimum absolute atomic E-state index is 0.148. The van der Waals surface area contributed by atoms with Gasteiger partial charge in [0.25, 0.3) is 5.91 Å². The van der Waals surface area contributed by atoms with E-state index >= 15 is 0 Å². The molecule has 0 aromatic carbocycles. The van der Waals surface area contributed by atoms with Crippen molar-refractivity contribution in [1.29, 1.82) is 0 Å². The largest absolute Gasteiger partial charge is 0.388 e. The lowest BCUT2D eigenvalue weighted by Crippen LogP contribution is -2.29. The molecule has 1 saturated heterocycles. The SMILES string of the molecule is O=C(c1ccc(C#CCO)s1)N1CC(O)C(O)C1. The second-order valence-electron chi connectivity index (χ2n) is 3.97. The summed E-state index contributed by atoms with van der Waals surface area (Å²) in [6.07, 6.45) is -1.75. The molecule has 2 atom stereocenters. The average molecular weight is 267 g/mol. The first kappa shape index (κ1) is 13.1. The topological polar surface area (TPSA) is 81.0 Å². The van der Waals surface area contributed by atoms with Crippen molar-refractivity contribution in [2.45, 2.75) is 12.2 Å². The zero-order chi connectivity index (χ0) is 13.1. The molecule has 6 heteroatoms. The molecule has 1 fully saturated rings. The number of carbonyl (C=O) groups is 1. The fourth-order valence-electron chi connectivity index (χ4n) is 1.74. The molecule has 3 N–H and O–H groups in total. The first-order valence-corrected chi connectivity index (χ1v) is 6.28. The third-order valence-corrected chi connectivity index (χ3v) is 3.64. The second kappa shape index (κ2) is 5.50. The van der Waals surface area contributed by atoms with Crippen molar-refractivity contribution in [3.63, 3.8) is 0 Å². The van der Waals surface area contributed by atoms with Crippen LogP contribution in [0, 0.1) is 11.8 Å². The molecule has 0 radical (unpaired) electrons. The Morgan fingerprint density at radius 1 is 1.39 bits per heavy atom. The van der Waals surface area contributed by atoms with Crippen LogP contribution in [0.1, 0.15) is 14.5 Å². The molecule has 0 aliphatic carbocycles. The highest BCUT2D eigenvalue weighted by Gasteiger charge is 2.33. The third-order valence-electron chi connectivity index (χ3n) is 2.65. The van der Waals surface area contributed by atoms with E-state index in [1.807, 2.05) is 0 Å². The van der Waals surface area contributed by atoms with E-state index in [0.29, 0.717) is 9.75 Å². The van der Waals surface area contributed by atoms with Crippen molar-refractivity contribution < 1.29 is 20.1 Å². The van der Waals surface area contributed by atoms with E-state index < -0.39 is 12.2 Å². The summed E-state index contributed by atoms with van der Waals surface area (Å²) >= 11 is 1.23. The van der Waals surface area contributed by atoms with Crippen molar-refractivity contribution >= 4 is 17.2 Å². The number of hydrogen-bond acceptors (Lipinski definition) is 5. The van der Waals surface area contributed by atoms with Gasteiger partial charge in [0.05, 0.1) is 22.0 Å². The van der Waals surface area contributed by atoms with Crippen molar-refractivity contribution in [3.05, 3.63) is 21.9 Å². The van der Waals surface area contributed by atoms with Crippen LogP contribution in [0.4, 0.5) is 0 Å². The molecule has 2 heterocycles. The molecule has 0 bridgehead atoms. The summed E-state index contributed by atoms with van der Waals surface area (Å²) in [4.78, 5) is 14.7. The van der Waals surface area contributed by atoms with Crippen molar-refractivity contribution in [2.24, 2.45) is 0 Å². The number of aliphatic hydroxyl groups excluding tert-OH is 3. The van der Waals surface area contributed by atoms with Gasteiger partial charge in [-0.05, 0) is 12.1 Å². The van der Waals surface area contributed by atoms with Crippen LogP contribution in [-0.4, -0.2) is 58.0 Å². The van der Waals surface area contributed by atoms with E-state index in [1.165, 1.54) is 16.2 Å². The molecule has 2 rings (SSSR count). The summed E-state index contributed by atoms with van der Waals surface area (Å²) in [7, 11) is 0. The van der Waals surface area contributed by atoms with Gasteiger partial charge in [0.15, 0.2) is 0 Å². The molecular formula is C12H13NO4S. The lowest BCUT2D eigenvalue weighted by Gasteiger charge is -2.13. The number of hydrogen-bond donors (Lipinski definition) is 3. The van der Waals surface area contributed by atoms with E-state index in [2.05, 4.69) is 11.8 Å². The van der Waals surface area contributed by atoms with Crippen LogP contribution >= 0.6 is 11.3 Å². The molecule has 18 heavy (non-hydrogen) atoms. The fourth-order valence-corrected chi connectivity index (χ4v) is 2.59. The summed E-state index contributed by atoms with van der Waals surface area (Å²) in [6, 6.07) is 3.37. The minimum Gasteiger partial charge on any atom is -0.388 e. The zero-order valence-electron chi connectivity index (χ0n) is 9.54. The van der Waals surface area contributed by atoms with E-state index in [4.69, 9.17) is 5.11 Å². The van der Waals surface area contributed by atoms with Crippen LogP contribution in [0.25, 0.3) is 0 Å². The van der Waals surface area contributed by atoms with Crippen LogP contribution in [0.5, 0.6) is 0 Å². The molecule has 1 aliphatic heterocycles. The van der Waals surface area contributed by atoms with E-state index in [-0.39, 0.29) is 25.6 Å². The summed E-state index contributed by atoms with van der Waals surface area (Å²) < 4.78 is 0. The van der Waals surface area contributed by atoms with Crippen LogP contribution < -0.4 is 0 Å². The van der Waals surface area contributed by atoms with Gasteiger partial charge in [-0.1, -0.05) is 11.8 Å². The Labute approximate surface area is 108 Å². The van der Waals surface area contributed by atoms with Crippen LogP contribution in [0.15, 0.2) is 12.1 Å². The van der Waals surface area contributed by atoms with Crippen molar-refractivity contribution in [1.82, 2.24) is 4.90 Å². The van der Waals surface area contributed by atoms with Crippen LogP contribution in [0.3, 0.4) is 0 Å². The summed E-state index contributed by atoms with van der Waals surface area (Å²) in [5, 5.41) is 27.4. The van der Waals surface area contributed by atoms with Crippen molar-refractivity contribution in [2.75, 3.05) is 19.7 Å². The molecule has 0 spiro atoms. The highest BCUT2D eigenvalue weighted by atomic mass is 32.1. The lowest BCUT2D eigenvalue weighted by molar-refractivity contribution is 0.0572. The van der Waals surface area contributed by atoms with Crippen LogP contribution in [-0.2, 0) is 0 Å². The maximum atomic E-state index is 12.0. The number of amides is 1. The van der Waals surface area contributed by atoms with E-state index in [0.717, 1.165) is 0 Å². The van der Waals surface area contributed by atoms with Gasteiger partial charge in [0, 0.05) is 13.1 Å². The number of likely N-dealkylation sites (tertiary alicyclic amines) is 1. The molecule has 2 unspecified atom stereocenters. The van der Waals surface area contributed by atoms with Gasteiger partial charge in [0.2, 0.25) is 0 Å². The van der Waals surface area contributed by atoms with Crippen LogP contribution in [0.2, 0.25) is 0 Å². The summed E-state index contributed by atoms with van der Waals surface area (Å²) in [6.45, 7) is 0.0802. The molecule has 1 amide bonds. The highest BCUT2D eigenvalue weighted by Crippen LogP contribution is 2.20. The molecule has 1 aromatic rings. The Kier molecular flexibility index (Phi) is 3.99. The quantitative estimate of drug-likeness (QED) is 0.586. The van der Waals surface area contributed by atoms with Gasteiger partial charge in [-0.3, -0.25) is 4.79 Å². The Morgan fingerprint density at radius 2 is 2.06 bits per heavy atom.